The summed E-state index contributed by atoms with van der Waals surface area (Å²) in [7, 11) is 0. The molecule has 0 heterocycles. The van der Waals surface area contributed by atoms with Crippen LogP contribution in [0.2, 0.25) is 5.02 Å². The fourth-order valence-corrected chi connectivity index (χ4v) is 2.34. The van der Waals surface area contributed by atoms with Gasteiger partial charge in [0.05, 0.1) is 5.02 Å². The fourth-order valence-electron chi connectivity index (χ4n) is 2.16. The van der Waals surface area contributed by atoms with E-state index in [9.17, 15) is 9.90 Å². The summed E-state index contributed by atoms with van der Waals surface area (Å²) >= 11 is 5.77. The van der Waals surface area contributed by atoms with Crippen molar-refractivity contribution in [3.8, 4) is 5.75 Å². The second kappa shape index (κ2) is 5.41. The van der Waals surface area contributed by atoms with E-state index >= 15 is 0 Å². The normalized spacial score (nSPS) is 16.8. The maximum atomic E-state index is 11.9. The topological polar surface area (TPSA) is 49.3 Å². The van der Waals surface area contributed by atoms with Crippen molar-refractivity contribution in [2.45, 2.75) is 38.1 Å². The second-order valence-electron chi connectivity index (χ2n) is 4.47. The van der Waals surface area contributed by atoms with Crippen molar-refractivity contribution in [3.63, 3.8) is 0 Å². The first kappa shape index (κ1) is 12.2. The number of phenolic OH excluding ortho intramolecular Hbond substituents is 1. The van der Waals surface area contributed by atoms with Gasteiger partial charge in [-0.05, 0) is 31.0 Å². The van der Waals surface area contributed by atoms with Gasteiger partial charge >= 0.3 is 0 Å². The lowest BCUT2D eigenvalue weighted by Crippen LogP contribution is -2.36. The zero-order valence-corrected chi connectivity index (χ0v) is 10.3. The van der Waals surface area contributed by atoms with Crippen LogP contribution in [0, 0.1) is 0 Å². The van der Waals surface area contributed by atoms with Crippen molar-refractivity contribution in [1.29, 1.82) is 0 Å². The molecule has 1 fully saturated rings. The van der Waals surface area contributed by atoms with Gasteiger partial charge in [0.2, 0.25) is 0 Å². The highest BCUT2D eigenvalue weighted by molar-refractivity contribution is 6.32. The molecule has 0 spiro atoms. The molecular weight excluding hydrogens is 238 g/mol. The monoisotopic (exact) mass is 253 g/mol. The fraction of sp³-hybridized carbons (Fsp3) is 0.462. The summed E-state index contributed by atoms with van der Waals surface area (Å²) in [5.41, 5.74) is 0.498. The second-order valence-corrected chi connectivity index (χ2v) is 4.88. The van der Waals surface area contributed by atoms with E-state index in [0.29, 0.717) is 5.56 Å². The van der Waals surface area contributed by atoms with Crippen LogP contribution in [0.5, 0.6) is 5.75 Å². The van der Waals surface area contributed by atoms with Crippen LogP contribution in [0.25, 0.3) is 0 Å². The minimum Gasteiger partial charge on any atom is -0.506 e. The number of rotatable bonds is 2. The van der Waals surface area contributed by atoms with E-state index in [-0.39, 0.29) is 22.7 Å². The molecule has 0 aliphatic heterocycles. The zero-order chi connectivity index (χ0) is 12.3. The molecule has 1 saturated carbocycles. The molecule has 0 unspecified atom stereocenters. The van der Waals surface area contributed by atoms with Crippen molar-refractivity contribution < 1.29 is 9.90 Å². The molecule has 0 saturated heterocycles. The number of amides is 1. The van der Waals surface area contributed by atoms with Crippen LogP contribution in [0.3, 0.4) is 0 Å². The molecule has 2 rings (SSSR count). The smallest absolute Gasteiger partial charge is 0.251 e. The summed E-state index contributed by atoms with van der Waals surface area (Å²) in [5, 5.41) is 12.5. The Bertz CT molecular complexity index is 414. The lowest BCUT2D eigenvalue weighted by atomic mass is 9.95. The Hall–Kier alpha value is -1.22. The number of halogens is 1. The molecular formula is C13H16ClNO2. The van der Waals surface area contributed by atoms with E-state index < -0.39 is 0 Å². The summed E-state index contributed by atoms with van der Waals surface area (Å²) in [6.45, 7) is 0. The van der Waals surface area contributed by atoms with E-state index in [0.717, 1.165) is 12.8 Å². The predicted molar refractivity (Wildman–Crippen MR) is 67.5 cm³/mol. The number of carbonyl (C=O) groups excluding carboxylic acids is 1. The van der Waals surface area contributed by atoms with Crippen LogP contribution in [0.1, 0.15) is 42.5 Å². The largest absolute Gasteiger partial charge is 0.506 e. The van der Waals surface area contributed by atoms with E-state index in [4.69, 9.17) is 11.6 Å². The molecule has 1 aliphatic rings. The number of hydrogen-bond donors (Lipinski definition) is 2. The van der Waals surface area contributed by atoms with Gasteiger partial charge in [0.25, 0.3) is 5.91 Å². The first-order chi connectivity index (χ1) is 8.16. The Labute approximate surface area is 106 Å². The van der Waals surface area contributed by atoms with Crippen LogP contribution >= 0.6 is 11.6 Å². The molecule has 1 aromatic rings. The average molecular weight is 254 g/mol. The highest BCUT2D eigenvalue weighted by Crippen LogP contribution is 2.24. The molecule has 0 bridgehead atoms. The van der Waals surface area contributed by atoms with Crippen LogP contribution < -0.4 is 5.32 Å². The molecule has 0 radical (unpaired) electrons. The zero-order valence-electron chi connectivity index (χ0n) is 9.58. The van der Waals surface area contributed by atoms with Crippen molar-refractivity contribution in [3.05, 3.63) is 28.8 Å². The number of phenols is 1. The average Bonchev–Trinajstić information content (AvgIpc) is 2.34. The molecule has 0 aromatic heterocycles. The van der Waals surface area contributed by atoms with Crippen LogP contribution in [0.4, 0.5) is 0 Å². The van der Waals surface area contributed by atoms with Gasteiger partial charge in [-0.2, -0.15) is 0 Å². The molecule has 0 atom stereocenters. The molecule has 1 aliphatic carbocycles. The number of carbonyl (C=O) groups is 1. The van der Waals surface area contributed by atoms with Crippen molar-refractivity contribution in [1.82, 2.24) is 5.32 Å². The summed E-state index contributed by atoms with van der Waals surface area (Å²) in [6, 6.07) is 4.80. The van der Waals surface area contributed by atoms with E-state index in [1.165, 1.54) is 31.4 Å². The Morgan fingerprint density at radius 2 is 2.00 bits per heavy atom. The third kappa shape index (κ3) is 3.13. The van der Waals surface area contributed by atoms with Gasteiger partial charge in [-0.25, -0.2) is 0 Å². The van der Waals surface area contributed by atoms with Crippen LogP contribution in [0.15, 0.2) is 18.2 Å². The van der Waals surface area contributed by atoms with E-state index in [2.05, 4.69) is 5.32 Å². The maximum Gasteiger partial charge on any atom is 0.251 e. The van der Waals surface area contributed by atoms with Crippen molar-refractivity contribution >= 4 is 17.5 Å². The summed E-state index contributed by atoms with van der Waals surface area (Å²) < 4.78 is 0. The van der Waals surface area contributed by atoms with Gasteiger partial charge in [0.1, 0.15) is 5.75 Å². The minimum atomic E-state index is -0.112. The number of nitrogens with one attached hydrogen (secondary N) is 1. The molecule has 17 heavy (non-hydrogen) atoms. The number of hydrogen-bond acceptors (Lipinski definition) is 2. The Morgan fingerprint density at radius 1 is 1.29 bits per heavy atom. The first-order valence-corrected chi connectivity index (χ1v) is 6.34. The van der Waals surface area contributed by atoms with Gasteiger partial charge in [-0.15, -0.1) is 0 Å². The maximum absolute atomic E-state index is 11.9. The lowest BCUT2D eigenvalue weighted by molar-refractivity contribution is 0.0927. The Morgan fingerprint density at radius 3 is 2.65 bits per heavy atom. The van der Waals surface area contributed by atoms with Gasteiger partial charge < -0.3 is 10.4 Å². The molecule has 1 aromatic carbocycles. The quantitative estimate of drug-likeness (QED) is 0.851. The van der Waals surface area contributed by atoms with Crippen molar-refractivity contribution in [2.75, 3.05) is 0 Å². The SMILES string of the molecule is O=C(NC1CCCCC1)c1ccc(O)c(Cl)c1. The summed E-state index contributed by atoms with van der Waals surface area (Å²) in [4.78, 5) is 11.9. The van der Waals surface area contributed by atoms with Gasteiger partial charge in [-0.1, -0.05) is 30.9 Å². The molecule has 3 nitrogen and oxygen atoms in total. The van der Waals surface area contributed by atoms with Gasteiger partial charge in [-0.3, -0.25) is 4.79 Å². The summed E-state index contributed by atoms with van der Waals surface area (Å²) in [6.07, 6.45) is 5.73. The van der Waals surface area contributed by atoms with Gasteiger partial charge in [0.15, 0.2) is 0 Å². The minimum absolute atomic E-state index is 0.000818. The molecule has 2 N–H and O–H groups in total. The highest BCUT2D eigenvalue weighted by atomic mass is 35.5. The number of benzene rings is 1. The third-order valence-electron chi connectivity index (χ3n) is 3.15. The van der Waals surface area contributed by atoms with Gasteiger partial charge in [0, 0.05) is 11.6 Å². The molecule has 92 valence electrons. The van der Waals surface area contributed by atoms with E-state index in [1.54, 1.807) is 6.07 Å². The lowest BCUT2D eigenvalue weighted by Gasteiger charge is -2.22. The first-order valence-electron chi connectivity index (χ1n) is 5.96. The van der Waals surface area contributed by atoms with Crippen LogP contribution in [-0.2, 0) is 0 Å². The van der Waals surface area contributed by atoms with Crippen LogP contribution in [-0.4, -0.2) is 17.1 Å². The van der Waals surface area contributed by atoms with Crippen molar-refractivity contribution in [2.24, 2.45) is 0 Å². The Kier molecular flexibility index (Phi) is 3.89. The summed E-state index contributed by atoms with van der Waals surface area (Å²) in [5.74, 6) is -0.111. The molecule has 4 heteroatoms. The Balaban J connectivity index is 2.01. The standard InChI is InChI=1S/C13H16ClNO2/c14-11-8-9(6-7-12(11)16)13(17)15-10-4-2-1-3-5-10/h6-8,10,16H,1-5H2,(H,15,17). The highest BCUT2D eigenvalue weighted by Gasteiger charge is 2.17. The molecule has 1 amide bonds. The van der Waals surface area contributed by atoms with E-state index in [1.807, 2.05) is 0 Å². The predicted octanol–water partition coefficient (Wildman–Crippen LogP) is 3.11. The third-order valence-corrected chi connectivity index (χ3v) is 3.45. The number of aromatic hydroxyl groups is 1.